The number of hydrazine groups is 1. The molecule has 1 atom stereocenters. The minimum absolute atomic E-state index is 0.274. The standard InChI is InChI=1S/C18H28N4O2S2/c1-12(2)5-4-6-13(3)20-18(26)22-21-17(25)19-10-14-7-8-15-16(9-14)24-11-23-15/h7-9,12-13H,4-6,10-11H2,1-3H3,(H2,19,21,25)(H2,20,22,26)/t13-/m1/s1. The van der Waals surface area contributed by atoms with Gasteiger partial charge in [0.1, 0.15) is 0 Å². The summed E-state index contributed by atoms with van der Waals surface area (Å²) in [6, 6.07) is 6.14. The van der Waals surface area contributed by atoms with E-state index in [1.165, 1.54) is 12.8 Å². The van der Waals surface area contributed by atoms with E-state index in [9.17, 15) is 0 Å². The van der Waals surface area contributed by atoms with Gasteiger partial charge in [-0.1, -0.05) is 32.8 Å². The average molecular weight is 397 g/mol. The fourth-order valence-corrected chi connectivity index (χ4v) is 2.93. The van der Waals surface area contributed by atoms with Gasteiger partial charge in [0.25, 0.3) is 0 Å². The van der Waals surface area contributed by atoms with Crippen LogP contribution in [0.4, 0.5) is 0 Å². The Balaban J connectivity index is 1.61. The lowest BCUT2D eigenvalue weighted by Gasteiger charge is -2.18. The number of rotatable bonds is 7. The lowest BCUT2D eigenvalue weighted by molar-refractivity contribution is 0.174. The van der Waals surface area contributed by atoms with Gasteiger partial charge in [0.05, 0.1) is 0 Å². The average Bonchev–Trinajstić information content (AvgIpc) is 3.05. The first-order valence-electron chi connectivity index (χ1n) is 8.93. The topological polar surface area (TPSA) is 66.6 Å². The summed E-state index contributed by atoms with van der Waals surface area (Å²) in [5, 5.41) is 7.38. The largest absolute Gasteiger partial charge is 0.454 e. The number of ether oxygens (including phenoxy) is 2. The Hall–Kier alpha value is -1.80. The van der Waals surface area contributed by atoms with E-state index >= 15 is 0 Å². The Morgan fingerprint density at radius 3 is 2.54 bits per heavy atom. The van der Waals surface area contributed by atoms with Gasteiger partial charge in [-0.2, -0.15) is 0 Å². The Morgan fingerprint density at radius 2 is 1.77 bits per heavy atom. The Labute approximate surface area is 166 Å². The lowest BCUT2D eigenvalue weighted by atomic mass is 10.0. The summed E-state index contributed by atoms with van der Waals surface area (Å²) >= 11 is 10.5. The van der Waals surface area contributed by atoms with E-state index in [0.717, 1.165) is 29.4 Å². The summed E-state index contributed by atoms with van der Waals surface area (Å²) in [7, 11) is 0. The maximum absolute atomic E-state index is 5.37. The van der Waals surface area contributed by atoms with Crippen molar-refractivity contribution in [1.29, 1.82) is 0 Å². The third kappa shape index (κ3) is 7.21. The molecule has 0 fully saturated rings. The first kappa shape index (κ1) is 20.5. The summed E-state index contributed by atoms with van der Waals surface area (Å²) in [4.78, 5) is 0. The minimum Gasteiger partial charge on any atom is -0.454 e. The van der Waals surface area contributed by atoms with Crippen LogP contribution in [0.3, 0.4) is 0 Å². The highest BCUT2D eigenvalue weighted by molar-refractivity contribution is 7.80. The number of nitrogens with one attached hydrogen (secondary N) is 4. The molecule has 8 heteroatoms. The van der Waals surface area contributed by atoms with Gasteiger partial charge in [-0.25, -0.2) is 0 Å². The summed E-state index contributed by atoms with van der Waals surface area (Å²) in [5.41, 5.74) is 6.86. The first-order valence-corrected chi connectivity index (χ1v) is 9.74. The molecule has 1 aromatic carbocycles. The Morgan fingerprint density at radius 1 is 1.04 bits per heavy atom. The van der Waals surface area contributed by atoms with Crippen molar-refractivity contribution in [2.45, 2.75) is 52.6 Å². The lowest BCUT2D eigenvalue weighted by Crippen LogP contribution is -2.51. The van der Waals surface area contributed by atoms with Crippen molar-refractivity contribution >= 4 is 34.7 Å². The number of thiocarbonyl (C=S) groups is 2. The van der Waals surface area contributed by atoms with Crippen LogP contribution >= 0.6 is 24.4 Å². The van der Waals surface area contributed by atoms with Crippen molar-refractivity contribution in [3.63, 3.8) is 0 Å². The van der Waals surface area contributed by atoms with Gasteiger partial charge in [-0.05, 0) is 61.4 Å². The van der Waals surface area contributed by atoms with Crippen molar-refractivity contribution in [2.75, 3.05) is 6.79 Å². The van der Waals surface area contributed by atoms with E-state index in [1.807, 2.05) is 18.2 Å². The molecule has 0 aliphatic carbocycles. The van der Waals surface area contributed by atoms with Gasteiger partial charge in [0.15, 0.2) is 21.7 Å². The number of hydrogen-bond donors (Lipinski definition) is 4. The van der Waals surface area contributed by atoms with Crippen molar-refractivity contribution in [1.82, 2.24) is 21.5 Å². The minimum atomic E-state index is 0.274. The van der Waals surface area contributed by atoms with Gasteiger partial charge >= 0.3 is 0 Å². The fraction of sp³-hybridized carbons (Fsp3) is 0.556. The summed E-state index contributed by atoms with van der Waals surface area (Å²) < 4.78 is 10.7. The van der Waals surface area contributed by atoms with Gasteiger partial charge in [-0.15, -0.1) is 0 Å². The third-order valence-electron chi connectivity index (χ3n) is 3.98. The molecule has 0 amide bonds. The quantitative estimate of drug-likeness (QED) is 0.414. The molecule has 0 saturated heterocycles. The summed E-state index contributed by atoms with van der Waals surface area (Å²) in [6.07, 6.45) is 3.52. The fourth-order valence-electron chi connectivity index (χ4n) is 2.56. The molecular weight excluding hydrogens is 368 g/mol. The molecule has 0 radical (unpaired) electrons. The van der Waals surface area contributed by atoms with E-state index in [0.29, 0.717) is 22.8 Å². The highest BCUT2D eigenvalue weighted by Crippen LogP contribution is 2.32. The molecule has 26 heavy (non-hydrogen) atoms. The van der Waals surface area contributed by atoms with Crippen molar-refractivity contribution < 1.29 is 9.47 Å². The van der Waals surface area contributed by atoms with Crippen LogP contribution in [-0.2, 0) is 6.54 Å². The normalized spacial score (nSPS) is 13.2. The molecule has 0 bridgehead atoms. The summed E-state index contributed by atoms with van der Waals surface area (Å²) in [5.74, 6) is 2.27. The van der Waals surface area contributed by atoms with Crippen LogP contribution in [0.25, 0.3) is 0 Å². The molecule has 0 aromatic heterocycles. The first-order chi connectivity index (χ1) is 12.4. The maximum atomic E-state index is 5.37. The molecule has 0 unspecified atom stereocenters. The third-order valence-corrected chi connectivity index (χ3v) is 4.44. The molecule has 1 aliphatic rings. The zero-order valence-electron chi connectivity index (χ0n) is 15.6. The molecule has 1 aliphatic heterocycles. The SMILES string of the molecule is CC(C)CCC[C@@H](C)NC(=S)NNC(=S)NCc1ccc2c(c1)OCO2. The number of benzene rings is 1. The van der Waals surface area contributed by atoms with E-state index in [1.54, 1.807) is 0 Å². The van der Waals surface area contributed by atoms with Crippen LogP contribution in [0.5, 0.6) is 11.5 Å². The van der Waals surface area contributed by atoms with Gasteiger partial charge < -0.3 is 20.1 Å². The van der Waals surface area contributed by atoms with Crippen LogP contribution < -0.4 is 31.0 Å². The van der Waals surface area contributed by atoms with Crippen molar-refractivity contribution in [3.05, 3.63) is 23.8 Å². The molecular formula is C18H28N4O2S2. The molecule has 0 spiro atoms. The summed E-state index contributed by atoms with van der Waals surface area (Å²) in [6.45, 7) is 7.47. The predicted molar refractivity (Wildman–Crippen MR) is 112 cm³/mol. The molecule has 1 heterocycles. The van der Waals surface area contributed by atoms with Gasteiger partial charge in [-0.3, -0.25) is 10.9 Å². The zero-order chi connectivity index (χ0) is 18.9. The van der Waals surface area contributed by atoms with E-state index < -0.39 is 0 Å². The second kappa shape index (κ2) is 10.4. The number of hydrogen-bond acceptors (Lipinski definition) is 4. The number of fused-ring (bicyclic) bond motifs is 1. The van der Waals surface area contributed by atoms with Crippen LogP contribution in [0, 0.1) is 5.92 Å². The van der Waals surface area contributed by atoms with E-state index in [4.69, 9.17) is 33.9 Å². The smallest absolute Gasteiger partial charge is 0.231 e. The Kier molecular flexibility index (Phi) is 8.18. The van der Waals surface area contributed by atoms with E-state index in [-0.39, 0.29) is 6.79 Å². The van der Waals surface area contributed by atoms with Crippen molar-refractivity contribution in [3.8, 4) is 11.5 Å². The highest BCUT2D eigenvalue weighted by atomic mass is 32.1. The molecule has 6 nitrogen and oxygen atoms in total. The van der Waals surface area contributed by atoms with Crippen LogP contribution in [0.1, 0.15) is 45.6 Å². The van der Waals surface area contributed by atoms with E-state index in [2.05, 4.69) is 42.3 Å². The van der Waals surface area contributed by atoms with Gasteiger partial charge in [0.2, 0.25) is 6.79 Å². The highest BCUT2D eigenvalue weighted by Gasteiger charge is 2.13. The second-order valence-electron chi connectivity index (χ2n) is 6.82. The maximum Gasteiger partial charge on any atom is 0.231 e. The van der Waals surface area contributed by atoms with Crippen LogP contribution in [-0.4, -0.2) is 23.1 Å². The Bertz CT molecular complexity index is 625. The van der Waals surface area contributed by atoms with Crippen LogP contribution in [0.15, 0.2) is 18.2 Å². The molecule has 144 valence electrons. The second-order valence-corrected chi connectivity index (χ2v) is 7.64. The molecule has 0 saturated carbocycles. The molecule has 1 aromatic rings. The van der Waals surface area contributed by atoms with Crippen molar-refractivity contribution in [2.24, 2.45) is 5.92 Å². The van der Waals surface area contributed by atoms with Crippen LogP contribution in [0.2, 0.25) is 0 Å². The predicted octanol–water partition coefficient (Wildman–Crippen LogP) is 2.97. The molecule has 2 rings (SSSR count). The van der Waals surface area contributed by atoms with Gasteiger partial charge in [0, 0.05) is 12.6 Å². The monoisotopic (exact) mass is 396 g/mol. The molecule has 4 N–H and O–H groups in total. The zero-order valence-corrected chi connectivity index (χ0v) is 17.2.